The molecule has 0 saturated carbocycles. The normalized spacial score (nSPS) is 11.0. The molecule has 12 rings (SSSR count). The number of benzene rings is 12. The van der Waals surface area contributed by atoms with Gasteiger partial charge in [-0.05, 0) is 146 Å². The Labute approximate surface area is 545 Å². The first kappa shape index (κ1) is 61.5. The van der Waals surface area contributed by atoms with Crippen molar-refractivity contribution < 1.29 is 37.9 Å². The second kappa shape index (κ2) is 28.0. The predicted molar refractivity (Wildman–Crippen MR) is 381 cm³/mol. The summed E-state index contributed by atoms with van der Waals surface area (Å²) >= 11 is 0. The van der Waals surface area contributed by atoms with Crippen LogP contribution in [0.5, 0.6) is 46.0 Å². The highest BCUT2D eigenvalue weighted by Crippen LogP contribution is 2.42. The van der Waals surface area contributed by atoms with E-state index < -0.39 is 6.15 Å². The summed E-state index contributed by atoms with van der Waals surface area (Å²) in [5.41, 5.74) is 15.3. The van der Waals surface area contributed by atoms with Crippen LogP contribution in [-0.2, 0) is 0 Å². The first-order chi connectivity index (χ1) is 45.7. The number of methoxy groups -OCH3 is 8. The van der Waals surface area contributed by atoms with Gasteiger partial charge in [0.25, 0.3) is 0 Å². The Bertz CT molecular complexity index is 3730. The van der Waals surface area contributed by atoms with Crippen LogP contribution in [0.1, 0.15) is 0 Å². The molecule has 13 heteroatoms. The van der Waals surface area contributed by atoms with Gasteiger partial charge in [0.2, 0.25) is 0 Å². The largest absolute Gasteiger partial charge is 0.497 e. The first-order valence-corrected chi connectivity index (χ1v) is 30.6. The molecule has 0 saturated heterocycles. The molecule has 0 aliphatic rings. The van der Waals surface area contributed by atoms with E-state index in [0.29, 0.717) is 0 Å². The maximum atomic E-state index is 5.82. The van der Waals surface area contributed by atoms with Crippen molar-refractivity contribution >= 4 is 96.2 Å². The summed E-state index contributed by atoms with van der Waals surface area (Å²) in [5, 5.41) is 0. The van der Waals surface area contributed by atoms with E-state index in [1.807, 2.05) is 146 Å². The molecule has 0 aromatic heterocycles. The maximum absolute atomic E-state index is 5.82. The van der Waals surface area contributed by atoms with E-state index in [1.54, 1.807) is 56.9 Å². The van der Waals surface area contributed by atoms with Gasteiger partial charge in [0.05, 0.1) is 56.9 Å². The fourth-order valence-corrected chi connectivity index (χ4v) is 12.6. The van der Waals surface area contributed by atoms with Crippen LogP contribution in [0.25, 0.3) is 0 Å². The van der Waals surface area contributed by atoms with Crippen LogP contribution in [-0.4, -0.2) is 63.0 Å². The van der Waals surface area contributed by atoms with E-state index in [1.165, 1.54) is 0 Å². The molecule has 0 fully saturated rings. The Kier molecular flexibility index (Phi) is 18.5. The molecule has 0 N–H and O–H groups in total. The zero-order valence-corrected chi connectivity index (χ0v) is 53.3. The zero-order valence-electron chi connectivity index (χ0n) is 53.3. The van der Waals surface area contributed by atoms with Crippen LogP contribution >= 0.6 is 0 Å². The van der Waals surface area contributed by atoms with E-state index in [0.717, 1.165) is 136 Å². The van der Waals surface area contributed by atoms with Crippen molar-refractivity contribution in [2.24, 2.45) is 0 Å². The highest BCUT2D eigenvalue weighted by atomic mass is 16.5. The summed E-state index contributed by atoms with van der Waals surface area (Å²) in [4.78, 5) is 8.91. The fraction of sp³-hybridized carbons (Fsp3) is 0.100. The number of hydrogen-bond donors (Lipinski definition) is 0. The molecule has 0 unspecified atom stereocenters. The lowest BCUT2D eigenvalue weighted by molar-refractivity contribution is 0.414. The SMILES string of the molecule is COc1cccc(N(c2ccc([B-](c3ccc(N(c4cccc(OC)c4)c4cccc(OC)c4)cc3)(c3ccc(N(c4cccc(OC)c4)c4cccc(OC)c4)cc3)c3ccc(N(c4cccc(OC)c4)c4cccc(OC)c4)cc3)cc2)c2cccc(OC)c2)c1. The summed E-state index contributed by atoms with van der Waals surface area (Å²) in [6.45, 7) is 0. The van der Waals surface area contributed by atoms with Gasteiger partial charge in [0, 0.05) is 117 Å². The third kappa shape index (κ3) is 12.8. The number of rotatable bonds is 24. The highest BCUT2D eigenvalue weighted by Gasteiger charge is 2.34. The number of hydrogen-bond acceptors (Lipinski definition) is 12. The summed E-state index contributed by atoms with van der Waals surface area (Å²) in [5.74, 6) is 5.88. The van der Waals surface area contributed by atoms with E-state index in [4.69, 9.17) is 37.9 Å². The molecular formula is C80H72BN4O8-. The van der Waals surface area contributed by atoms with Crippen molar-refractivity contribution in [1.29, 1.82) is 0 Å². The van der Waals surface area contributed by atoms with Gasteiger partial charge < -0.3 is 57.5 Å². The second-order valence-corrected chi connectivity index (χ2v) is 22.2. The van der Waals surface area contributed by atoms with Crippen LogP contribution < -0.4 is 79.3 Å². The highest BCUT2D eigenvalue weighted by molar-refractivity contribution is 7.20. The number of anilines is 12. The Hall–Kier alpha value is -11.7. The molecule has 12 aromatic carbocycles. The molecule has 0 spiro atoms. The van der Waals surface area contributed by atoms with E-state index >= 15 is 0 Å². The number of ether oxygens (including phenoxy) is 8. The standard InChI is InChI=1S/C80H72BN4O8/c1-86-73-25-9-17-65(49-73)82(66-18-10-26-74(50-66)87-2)61-41-33-57(34-42-61)81(58-35-43-62(44-36-58)83(67-19-11-27-75(51-67)88-3)68-20-12-28-76(52-68)89-4,59-37-45-63(46-38-59)84(69-21-13-29-77(53-69)90-5)70-22-14-30-78(54-70)91-6)60-39-47-64(48-40-60)85(71-23-15-31-79(55-71)92-7)72-24-16-32-80(56-72)93-8/h9-56H,1-8H3/q-1. The van der Waals surface area contributed by atoms with Crippen LogP contribution in [0, 0.1) is 0 Å². The lowest BCUT2D eigenvalue weighted by Gasteiger charge is -2.45. The molecule has 12 aromatic rings. The Balaban J connectivity index is 1.12. The summed E-state index contributed by atoms with van der Waals surface area (Å²) < 4.78 is 46.6. The second-order valence-electron chi connectivity index (χ2n) is 22.2. The van der Waals surface area contributed by atoms with Crippen molar-refractivity contribution in [2.75, 3.05) is 76.5 Å². The summed E-state index contributed by atoms with van der Waals surface area (Å²) in [6, 6.07) is 101. The van der Waals surface area contributed by atoms with Crippen LogP contribution in [0.2, 0.25) is 0 Å². The monoisotopic (exact) mass is 1230 g/mol. The van der Waals surface area contributed by atoms with Crippen molar-refractivity contribution in [3.8, 4) is 46.0 Å². The minimum atomic E-state index is -2.14. The van der Waals surface area contributed by atoms with Gasteiger partial charge in [-0.15, -0.1) is 0 Å². The molecule has 0 radical (unpaired) electrons. The first-order valence-electron chi connectivity index (χ1n) is 30.6. The van der Waals surface area contributed by atoms with E-state index in [2.05, 4.69) is 165 Å². The van der Waals surface area contributed by atoms with Crippen molar-refractivity contribution in [1.82, 2.24) is 0 Å². The Morgan fingerprint density at radius 1 is 0.172 bits per heavy atom. The van der Waals surface area contributed by atoms with Gasteiger partial charge in [-0.3, -0.25) is 0 Å². The lowest BCUT2D eigenvalue weighted by atomic mass is 9.13. The average molecular weight is 1230 g/mol. The molecular weight excluding hydrogens is 1160 g/mol. The predicted octanol–water partition coefficient (Wildman–Crippen LogP) is 17.0. The molecule has 0 bridgehead atoms. The molecule has 0 aliphatic carbocycles. The molecule has 0 amide bonds. The van der Waals surface area contributed by atoms with Crippen LogP contribution in [0.15, 0.2) is 291 Å². The maximum Gasteiger partial charge on any atom is 0.120 e. The van der Waals surface area contributed by atoms with Gasteiger partial charge in [-0.1, -0.05) is 97.1 Å². The van der Waals surface area contributed by atoms with Crippen LogP contribution in [0.3, 0.4) is 0 Å². The molecule has 0 aliphatic heterocycles. The fourth-order valence-electron chi connectivity index (χ4n) is 12.6. The molecule has 93 heavy (non-hydrogen) atoms. The Morgan fingerprint density at radius 2 is 0.312 bits per heavy atom. The summed E-state index contributed by atoms with van der Waals surface area (Å²) in [6.07, 6.45) is -2.14. The quantitative estimate of drug-likeness (QED) is 0.0540. The molecule has 0 atom stereocenters. The van der Waals surface area contributed by atoms with Gasteiger partial charge >= 0.3 is 0 Å². The van der Waals surface area contributed by atoms with Gasteiger partial charge in [-0.25, -0.2) is 0 Å². The molecule has 0 heterocycles. The van der Waals surface area contributed by atoms with Crippen molar-refractivity contribution in [2.45, 2.75) is 0 Å². The minimum Gasteiger partial charge on any atom is -0.497 e. The zero-order chi connectivity index (χ0) is 64.3. The molecule has 12 nitrogen and oxygen atoms in total. The minimum absolute atomic E-state index is 0.735. The van der Waals surface area contributed by atoms with Gasteiger partial charge in [-0.2, -0.15) is 21.9 Å². The third-order valence-electron chi connectivity index (χ3n) is 17.1. The lowest BCUT2D eigenvalue weighted by Crippen LogP contribution is -2.74. The van der Waals surface area contributed by atoms with Gasteiger partial charge in [0.1, 0.15) is 52.1 Å². The topological polar surface area (TPSA) is 86.8 Å². The van der Waals surface area contributed by atoms with E-state index in [-0.39, 0.29) is 0 Å². The average Bonchev–Trinajstić information content (AvgIpc) is 0.739. The smallest absolute Gasteiger partial charge is 0.120 e. The molecule has 464 valence electrons. The third-order valence-corrected chi connectivity index (χ3v) is 17.1. The Morgan fingerprint density at radius 3 is 0.441 bits per heavy atom. The number of nitrogens with zero attached hydrogens (tertiary/aromatic N) is 4. The van der Waals surface area contributed by atoms with Crippen molar-refractivity contribution in [3.05, 3.63) is 291 Å². The van der Waals surface area contributed by atoms with Crippen LogP contribution in [0.4, 0.5) is 68.2 Å². The van der Waals surface area contributed by atoms with Gasteiger partial charge in [0.15, 0.2) is 0 Å². The van der Waals surface area contributed by atoms with Crippen molar-refractivity contribution in [3.63, 3.8) is 0 Å². The summed E-state index contributed by atoms with van der Waals surface area (Å²) in [7, 11) is 13.5. The van der Waals surface area contributed by atoms with E-state index in [9.17, 15) is 0 Å².